The summed E-state index contributed by atoms with van der Waals surface area (Å²) in [5, 5.41) is 0.0624. The molecule has 0 radical (unpaired) electrons. The van der Waals surface area contributed by atoms with Crippen molar-refractivity contribution in [2.24, 2.45) is 0 Å². The summed E-state index contributed by atoms with van der Waals surface area (Å²) in [7, 11) is 0. The van der Waals surface area contributed by atoms with Gasteiger partial charge in [0.25, 0.3) is 0 Å². The molecule has 0 N–H and O–H groups in total. The van der Waals surface area contributed by atoms with Crippen molar-refractivity contribution in [3.63, 3.8) is 0 Å². The van der Waals surface area contributed by atoms with Crippen LogP contribution in [0.4, 0.5) is 0 Å². The average molecular weight is 180 g/mol. The third kappa shape index (κ3) is 2.70. The fourth-order valence-corrected chi connectivity index (χ4v) is 1.67. The van der Waals surface area contributed by atoms with Gasteiger partial charge in [-0.2, -0.15) is 0 Å². The summed E-state index contributed by atoms with van der Waals surface area (Å²) in [4.78, 5) is 12.1. The van der Waals surface area contributed by atoms with Crippen molar-refractivity contribution in [3.8, 4) is 0 Å². The van der Waals surface area contributed by atoms with E-state index in [1.807, 2.05) is 37.3 Å². The van der Waals surface area contributed by atoms with Crippen LogP contribution in [0.25, 0.3) is 0 Å². The van der Waals surface area contributed by atoms with Crippen LogP contribution in [0.5, 0.6) is 0 Å². The molecule has 1 aromatic carbocycles. The molecule has 0 spiro atoms. The van der Waals surface area contributed by atoms with E-state index in [0.717, 1.165) is 4.90 Å². The molecule has 1 rings (SSSR count). The van der Waals surface area contributed by atoms with Crippen LogP contribution in [0, 0.1) is 0 Å². The van der Waals surface area contributed by atoms with E-state index in [1.54, 1.807) is 18.7 Å². The van der Waals surface area contributed by atoms with Crippen molar-refractivity contribution in [1.82, 2.24) is 0 Å². The SMILES string of the molecule is CC(=O)[C@@H](C)Sc1ccccc1. The van der Waals surface area contributed by atoms with E-state index in [0.29, 0.717) is 0 Å². The Morgan fingerprint density at radius 3 is 2.42 bits per heavy atom. The van der Waals surface area contributed by atoms with Crippen LogP contribution < -0.4 is 0 Å². The molecule has 0 aliphatic heterocycles. The molecule has 0 saturated carbocycles. The topological polar surface area (TPSA) is 17.1 Å². The summed E-state index contributed by atoms with van der Waals surface area (Å²) in [5.41, 5.74) is 0. The lowest BCUT2D eigenvalue weighted by molar-refractivity contribution is -0.116. The maximum atomic E-state index is 10.9. The molecule has 0 saturated heterocycles. The molecule has 12 heavy (non-hydrogen) atoms. The molecule has 0 aliphatic rings. The summed E-state index contributed by atoms with van der Waals surface area (Å²) in [5.74, 6) is 0.226. The third-order valence-corrected chi connectivity index (χ3v) is 2.86. The van der Waals surface area contributed by atoms with Crippen LogP contribution in [-0.4, -0.2) is 11.0 Å². The lowest BCUT2D eigenvalue weighted by Crippen LogP contribution is -2.07. The number of rotatable bonds is 3. The molecule has 2 heteroatoms. The first-order valence-electron chi connectivity index (χ1n) is 3.92. The molecule has 0 unspecified atom stereocenters. The van der Waals surface area contributed by atoms with Gasteiger partial charge in [0, 0.05) is 4.90 Å². The van der Waals surface area contributed by atoms with Gasteiger partial charge in [-0.05, 0) is 26.0 Å². The highest BCUT2D eigenvalue weighted by Crippen LogP contribution is 2.22. The van der Waals surface area contributed by atoms with Crippen molar-refractivity contribution in [2.45, 2.75) is 24.0 Å². The summed E-state index contributed by atoms with van der Waals surface area (Å²) in [6, 6.07) is 9.97. The molecule has 0 aromatic heterocycles. The van der Waals surface area contributed by atoms with Gasteiger partial charge in [0.1, 0.15) is 5.78 Å². The Morgan fingerprint density at radius 2 is 1.92 bits per heavy atom. The number of hydrogen-bond acceptors (Lipinski definition) is 2. The molecular formula is C10H12OS. The number of carbonyl (C=O) groups excluding carboxylic acids is 1. The molecule has 1 atom stereocenters. The van der Waals surface area contributed by atoms with E-state index >= 15 is 0 Å². The maximum Gasteiger partial charge on any atom is 0.142 e. The van der Waals surface area contributed by atoms with E-state index in [1.165, 1.54) is 0 Å². The predicted molar refractivity (Wildman–Crippen MR) is 52.4 cm³/mol. The van der Waals surface area contributed by atoms with Crippen LogP contribution in [0.1, 0.15) is 13.8 Å². The van der Waals surface area contributed by atoms with Gasteiger partial charge in [-0.15, -0.1) is 11.8 Å². The van der Waals surface area contributed by atoms with E-state index in [9.17, 15) is 4.79 Å². The highest BCUT2D eigenvalue weighted by Gasteiger charge is 2.07. The number of carbonyl (C=O) groups is 1. The van der Waals surface area contributed by atoms with Crippen LogP contribution in [0.15, 0.2) is 35.2 Å². The highest BCUT2D eigenvalue weighted by atomic mass is 32.2. The maximum absolute atomic E-state index is 10.9. The average Bonchev–Trinajstić information content (AvgIpc) is 2.06. The van der Waals surface area contributed by atoms with Gasteiger partial charge < -0.3 is 0 Å². The minimum Gasteiger partial charge on any atom is -0.299 e. The standard InChI is InChI=1S/C10H12OS/c1-8(11)9(2)12-10-6-4-3-5-7-10/h3-7,9H,1-2H3/t9-/m1/s1. The second kappa shape index (κ2) is 4.31. The Labute approximate surface area is 77.2 Å². The normalized spacial score (nSPS) is 12.5. The lowest BCUT2D eigenvalue weighted by Gasteiger charge is -2.05. The molecule has 1 aromatic rings. The van der Waals surface area contributed by atoms with Crippen LogP contribution in [-0.2, 0) is 4.79 Å². The zero-order chi connectivity index (χ0) is 8.97. The minimum atomic E-state index is 0.0624. The van der Waals surface area contributed by atoms with Crippen LogP contribution in [0.2, 0.25) is 0 Å². The first-order valence-corrected chi connectivity index (χ1v) is 4.80. The van der Waals surface area contributed by atoms with Crippen molar-refractivity contribution in [2.75, 3.05) is 0 Å². The van der Waals surface area contributed by atoms with Crippen molar-refractivity contribution in [3.05, 3.63) is 30.3 Å². The summed E-state index contributed by atoms with van der Waals surface area (Å²) >= 11 is 1.60. The van der Waals surface area contributed by atoms with Gasteiger partial charge >= 0.3 is 0 Å². The number of thioether (sulfide) groups is 1. The van der Waals surface area contributed by atoms with E-state index in [-0.39, 0.29) is 11.0 Å². The molecular weight excluding hydrogens is 168 g/mol. The van der Waals surface area contributed by atoms with Crippen molar-refractivity contribution in [1.29, 1.82) is 0 Å². The van der Waals surface area contributed by atoms with E-state index < -0.39 is 0 Å². The first kappa shape index (κ1) is 9.33. The number of Topliss-reactive ketones (excluding diaryl/α,β-unsaturated/α-hetero) is 1. The molecule has 0 heterocycles. The quantitative estimate of drug-likeness (QED) is 0.665. The lowest BCUT2D eigenvalue weighted by atomic mass is 10.3. The van der Waals surface area contributed by atoms with Gasteiger partial charge in [-0.1, -0.05) is 18.2 Å². The molecule has 0 aliphatic carbocycles. The van der Waals surface area contributed by atoms with Gasteiger partial charge in [-0.25, -0.2) is 0 Å². The van der Waals surface area contributed by atoms with Gasteiger partial charge in [0.15, 0.2) is 0 Å². The van der Waals surface area contributed by atoms with Crippen molar-refractivity contribution < 1.29 is 4.79 Å². The summed E-state index contributed by atoms with van der Waals surface area (Å²) in [6.07, 6.45) is 0. The summed E-state index contributed by atoms with van der Waals surface area (Å²) < 4.78 is 0. The highest BCUT2D eigenvalue weighted by molar-refractivity contribution is 8.00. The van der Waals surface area contributed by atoms with E-state index in [2.05, 4.69) is 0 Å². The monoisotopic (exact) mass is 180 g/mol. The second-order valence-electron chi connectivity index (χ2n) is 2.68. The van der Waals surface area contributed by atoms with Crippen molar-refractivity contribution >= 4 is 17.5 Å². The Hall–Kier alpha value is -0.760. The number of benzene rings is 1. The van der Waals surface area contributed by atoms with Gasteiger partial charge in [0.05, 0.1) is 5.25 Å². The zero-order valence-electron chi connectivity index (χ0n) is 7.28. The zero-order valence-corrected chi connectivity index (χ0v) is 8.10. The predicted octanol–water partition coefficient (Wildman–Crippen LogP) is 2.76. The molecule has 0 fully saturated rings. The second-order valence-corrected chi connectivity index (χ2v) is 4.10. The number of ketones is 1. The minimum absolute atomic E-state index is 0.0624. The largest absolute Gasteiger partial charge is 0.299 e. The smallest absolute Gasteiger partial charge is 0.142 e. The molecule has 64 valence electrons. The Bertz CT molecular complexity index is 256. The number of hydrogen-bond donors (Lipinski definition) is 0. The fraction of sp³-hybridized carbons (Fsp3) is 0.300. The Balaban J connectivity index is 2.58. The first-order chi connectivity index (χ1) is 5.70. The summed E-state index contributed by atoms with van der Waals surface area (Å²) in [6.45, 7) is 3.56. The van der Waals surface area contributed by atoms with Crippen LogP contribution >= 0.6 is 11.8 Å². The Morgan fingerprint density at radius 1 is 1.33 bits per heavy atom. The molecule has 0 bridgehead atoms. The fourth-order valence-electron chi connectivity index (χ4n) is 0.786. The van der Waals surface area contributed by atoms with E-state index in [4.69, 9.17) is 0 Å². The Kier molecular flexibility index (Phi) is 3.35. The van der Waals surface area contributed by atoms with Gasteiger partial charge in [-0.3, -0.25) is 4.79 Å². The van der Waals surface area contributed by atoms with Crippen LogP contribution in [0.3, 0.4) is 0 Å². The van der Waals surface area contributed by atoms with Gasteiger partial charge in [0.2, 0.25) is 0 Å². The molecule has 0 amide bonds. The third-order valence-electron chi connectivity index (χ3n) is 1.63. The molecule has 1 nitrogen and oxygen atoms in total.